The highest BCUT2D eigenvalue weighted by Gasteiger charge is 1.94. The third kappa shape index (κ3) is 5.92. The summed E-state index contributed by atoms with van der Waals surface area (Å²) in [5.74, 6) is 0. The molecule has 0 aromatic heterocycles. The van der Waals surface area contributed by atoms with Gasteiger partial charge in [0.1, 0.15) is 0 Å². The van der Waals surface area contributed by atoms with Crippen molar-refractivity contribution in [3.05, 3.63) is 6.42 Å². The van der Waals surface area contributed by atoms with Gasteiger partial charge < -0.3 is 10.2 Å². The largest absolute Gasteiger partial charge is 0.368 e. The number of aliphatic hydroxyl groups excluding tert-OH is 1. The van der Waals surface area contributed by atoms with Crippen LogP contribution in [0.2, 0.25) is 0 Å². The summed E-state index contributed by atoms with van der Waals surface area (Å²) in [6.45, 7) is 2.06. The predicted molar refractivity (Wildman–Crippen MR) is 32.1 cm³/mol. The van der Waals surface area contributed by atoms with Gasteiger partial charge in [-0.2, -0.15) is 0 Å². The van der Waals surface area contributed by atoms with Gasteiger partial charge in [-0.15, -0.1) is 0 Å². The van der Waals surface area contributed by atoms with Gasteiger partial charge in [0.25, 0.3) is 0 Å². The lowest BCUT2D eigenvalue weighted by Crippen LogP contribution is -2.03. The molecule has 0 fully saturated rings. The van der Waals surface area contributed by atoms with Gasteiger partial charge in [-0.3, -0.25) is 0 Å². The topological polar surface area (TPSA) is 40.5 Å². The van der Waals surface area contributed by atoms with Crippen LogP contribution in [0, 0.1) is 6.42 Å². The summed E-state index contributed by atoms with van der Waals surface area (Å²) in [4.78, 5) is 0. The molecule has 0 bridgehead atoms. The van der Waals surface area contributed by atoms with Crippen LogP contribution in [0.3, 0.4) is 0 Å². The average Bonchev–Trinajstić information content (AvgIpc) is 1.66. The summed E-state index contributed by atoms with van der Waals surface area (Å²) in [6.07, 6.45) is 3.17. The summed E-state index contributed by atoms with van der Waals surface area (Å²) in [5, 5.41) is 16.6. The predicted octanol–water partition coefficient (Wildman–Crippen LogP) is 0.692. The molecule has 0 aliphatic carbocycles. The molecular formula is C6H13O2. The van der Waals surface area contributed by atoms with E-state index in [1.807, 2.05) is 6.42 Å². The van der Waals surface area contributed by atoms with E-state index < -0.39 is 6.29 Å². The first-order chi connectivity index (χ1) is 3.77. The zero-order valence-electron chi connectivity index (χ0n) is 5.17. The maximum Gasteiger partial charge on any atom is 0.151 e. The second kappa shape index (κ2) is 5.06. The Labute approximate surface area is 50.2 Å². The Balaban J connectivity index is 2.72. The molecule has 0 heterocycles. The molecule has 0 aliphatic rings. The summed E-state index contributed by atoms with van der Waals surface area (Å²) < 4.78 is 0. The minimum Gasteiger partial charge on any atom is -0.368 e. The third-order valence-electron chi connectivity index (χ3n) is 0.870. The van der Waals surface area contributed by atoms with Crippen molar-refractivity contribution in [1.82, 2.24) is 0 Å². The van der Waals surface area contributed by atoms with Gasteiger partial charge in [-0.1, -0.05) is 19.8 Å². The van der Waals surface area contributed by atoms with Crippen LogP contribution in [0.25, 0.3) is 0 Å². The average molecular weight is 117 g/mol. The lowest BCUT2D eigenvalue weighted by Gasteiger charge is -1.99. The van der Waals surface area contributed by atoms with Gasteiger partial charge in [-0.05, 0) is 6.42 Å². The van der Waals surface area contributed by atoms with E-state index in [9.17, 15) is 0 Å². The Kier molecular flexibility index (Phi) is 5.01. The normalized spacial score (nSPS) is 10.5. The molecule has 0 atom stereocenters. The van der Waals surface area contributed by atoms with Crippen LogP contribution in [0.5, 0.6) is 0 Å². The van der Waals surface area contributed by atoms with Crippen molar-refractivity contribution < 1.29 is 10.2 Å². The van der Waals surface area contributed by atoms with Crippen molar-refractivity contribution >= 4 is 0 Å². The lowest BCUT2D eigenvalue weighted by atomic mass is 10.2. The van der Waals surface area contributed by atoms with E-state index in [1.54, 1.807) is 0 Å². The fraction of sp³-hybridized carbons (Fsp3) is 0.833. The van der Waals surface area contributed by atoms with Crippen LogP contribution in [0.15, 0.2) is 0 Å². The Morgan fingerprint density at radius 1 is 1.50 bits per heavy atom. The quantitative estimate of drug-likeness (QED) is 0.420. The van der Waals surface area contributed by atoms with Crippen LogP contribution in [0.1, 0.15) is 26.2 Å². The molecule has 0 spiro atoms. The molecule has 0 unspecified atom stereocenters. The molecule has 2 nitrogen and oxygen atoms in total. The Bertz CT molecular complexity index is 43.8. The second-order valence-corrected chi connectivity index (χ2v) is 1.79. The Morgan fingerprint density at radius 2 is 2.12 bits per heavy atom. The third-order valence-corrected chi connectivity index (χ3v) is 0.870. The summed E-state index contributed by atoms with van der Waals surface area (Å²) in [6, 6.07) is 0. The molecule has 0 aromatic rings. The van der Waals surface area contributed by atoms with Crippen molar-refractivity contribution in [3.8, 4) is 0 Å². The van der Waals surface area contributed by atoms with Crippen LogP contribution in [-0.2, 0) is 0 Å². The molecule has 49 valence electrons. The standard InChI is InChI=1S/C6H13O2/c1-2-3-4-5-6(7)8/h4,6-8H,2-3,5H2,1H3. The molecule has 0 rings (SSSR count). The van der Waals surface area contributed by atoms with E-state index in [1.165, 1.54) is 0 Å². The van der Waals surface area contributed by atoms with Crippen LogP contribution in [-0.4, -0.2) is 16.5 Å². The van der Waals surface area contributed by atoms with E-state index in [0.29, 0.717) is 6.42 Å². The molecule has 0 amide bonds. The van der Waals surface area contributed by atoms with Crippen LogP contribution in [0.4, 0.5) is 0 Å². The maximum atomic E-state index is 8.30. The molecule has 0 saturated heterocycles. The molecule has 0 saturated carbocycles. The number of hydrogen-bond acceptors (Lipinski definition) is 2. The number of hydrogen-bond donors (Lipinski definition) is 2. The highest BCUT2D eigenvalue weighted by Crippen LogP contribution is 1.98. The SMILES string of the molecule is CCC[CH]CC(O)O. The zero-order valence-corrected chi connectivity index (χ0v) is 5.17. The van der Waals surface area contributed by atoms with Crippen molar-refractivity contribution in [3.63, 3.8) is 0 Å². The van der Waals surface area contributed by atoms with Crippen molar-refractivity contribution in [2.45, 2.75) is 32.5 Å². The molecule has 0 aliphatic heterocycles. The van der Waals surface area contributed by atoms with Gasteiger partial charge >= 0.3 is 0 Å². The monoisotopic (exact) mass is 117 g/mol. The van der Waals surface area contributed by atoms with Gasteiger partial charge in [-0.25, -0.2) is 0 Å². The smallest absolute Gasteiger partial charge is 0.151 e. The van der Waals surface area contributed by atoms with Gasteiger partial charge in [0.2, 0.25) is 0 Å². The van der Waals surface area contributed by atoms with E-state index in [2.05, 4.69) is 6.92 Å². The molecule has 8 heavy (non-hydrogen) atoms. The van der Waals surface area contributed by atoms with E-state index >= 15 is 0 Å². The van der Waals surface area contributed by atoms with Crippen molar-refractivity contribution in [2.24, 2.45) is 0 Å². The summed E-state index contributed by atoms with van der Waals surface area (Å²) in [7, 11) is 0. The molecule has 1 radical (unpaired) electrons. The lowest BCUT2D eigenvalue weighted by molar-refractivity contribution is -0.0393. The number of aliphatic hydroxyl groups is 2. The van der Waals surface area contributed by atoms with Gasteiger partial charge in [0.05, 0.1) is 0 Å². The second-order valence-electron chi connectivity index (χ2n) is 1.79. The van der Waals surface area contributed by atoms with Crippen molar-refractivity contribution in [2.75, 3.05) is 0 Å². The molecule has 2 N–H and O–H groups in total. The summed E-state index contributed by atoms with van der Waals surface area (Å²) >= 11 is 0. The van der Waals surface area contributed by atoms with Crippen molar-refractivity contribution in [1.29, 1.82) is 0 Å². The minimum absolute atomic E-state index is 0.397. The fourth-order valence-corrected chi connectivity index (χ4v) is 0.471. The van der Waals surface area contributed by atoms with E-state index in [-0.39, 0.29) is 0 Å². The molecule has 0 aromatic carbocycles. The zero-order chi connectivity index (χ0) is 6.41. The highest BCUT2D eigenvalue weighted by molar-refractivity contribution is 4.63. The van der Waals surface area contributed by atoms with Gasteiger partial charge in [0, 0.05) is 6.42 Å². The first-order valence-corrected chi connectivity index (χ1v) is 2.95. The highest BCUT2D eigenvalue weighted by atomic mass is 16.5. The molecule has 2 heteroatoms. The first-order valence-electron chi connectivity index (χ1n) is 2.95. The van der Waals surface area contributed by atoms with Crippen LogP contribution >= 0.6 is 0 Å². The number of rotatable bonds is 4. The fourth-order valence-electron chi connectivity index (χ4n) is 0.471. The molecular weight excluding hydrogens is 104 g/mol. The Hall–Kier alpha value is -0.0800. The summed E-state index contributed by atoms with van der Waals surface area (Å²) in [5.41, 5.74) is 0. The van der Waals surface area contributed by atoms with E-state index in [4.69, 9.17) is 10.2 Å². The van der Waals surface area contributed by atoms with Gasteiger partial charge in [0.15, 0.2) is 6.29 Å². The van der Waals surface area contributed by atoms with E-state index in [0.717, 1.165) is 12.8 Å². The first kappa shape index (κ1) is 7.92. The van der Waals surface area contributed by atoms with Crippen LogP contribution < -0.4 is 0 Å². The Morgan fingerprint density at radius 3 is 2.50 bits per heavy atom. The minimum atomic E-state index is -1.15. The maximum absolute atomic E-state index is 8.30. The number of unbranched alkanes of at least 4 members (excludes halogenated alkanes) is 2.